The van der Waals surface area contributed by atoms with Crippen molar-refractivity contribution in [2.75, 3.05) is 13.2 Å². The van der Waals surface area contributed by atoms with Crippen LogP contribution in [0.25, 0.3) is 0 Å². The summed E-state index contributed by atoms with van der Waals surface area (Å²) in [6.45, 7) is 6.49. The van der Waals surface area contributed by atoms with E-state index in [2.05, 4.69) is 81.5 Å². The number of rotatable bonds is 51. The van der Waals surface area contributed by atoms with Crippen LogP contribution in [0, 0.1) is 0 Å². The lowest BCUT2D eigenvalue weighted by Gasteiger charge is -2.18. The SMILES string of the molecule is CC/C=C\C/C=C\C/C=C\C/C=C\CCCCCCCCCCCCCCCCC(=O)OCC(COC(=O)CCCCCCCCC)OC(=O)CCCCCCC/C=C\CCCCCCC. The van der Waals surface area contributed by atoms with Crippen molar-refractivity contribution in [3.8, 4) is 0 Å². The Balaban J connectivity index is 4.10. The first kappa shape index (κ1) is 63.1. The van der Waals surface area contributed by atoms with Crippen LogP contribution in [0.4, 0.5) is 0 Å². The molecule has 1 unspecified atom stereocenters. The van der Waals surface area contributed by atoms with E-state index in [9.17, 15) is 14.4 Å². The highest BCUT2D eigenvalue weighted by molar-refractivity contribution is 5.71. The van der Waals surface area contributed by atoms with Crippen molar-refractivity contribution < 1.29 is 28.6 Å². The maximum Gasteiger partial charge on any atom is 0.306 e. The molecule has 6 nitrogen and oxygen atoms in total. The first-order valence-electron chi connectivity index (χ1n) is 28.3. The van der Waals surface area contributed by atoms with Crippen LogP contribution < -0.4 is 0 Å². The van der Waals surface area contributed by atoms with Crippen LogP contribution in [-0.4, -0.2) is 37.2 Å². The maximum absolute atomic E-state index is 12.8. The molecule has 0 radical (unpaired) electrons. The van der Waals surface area contributed by atoms with Gasteiger partial charge in [-0.2, -0.15) is 0 Å². The summed E-state index contributed by atoms with van der Waals surface area (Å²) < 4.78 is 16.8. The average Bonchev–Trinajstić information content (AvgIpc) is 3.31. The minimum absolute atomic E-state index is 0.0750. The van der Waals surface area contributed by atoms with E-state index >= 15 is 0 Å². The Morgan fingerprint density at radius 3 is 0.939 bits per heavy atom. The quantitative estimate of drug-likeness (QED) is 0.0262. The van der Waals surface area contributed by atoms with Crippen molar-refractivity contribution in [1.29, 1.82) is 0 Å². The third-order valence-corrected chi connectivity index (χ3v) is 12.3. The zero-order valence-corrected chi connectivity index (χ0v) is 43.7. The minimum atomic E-state index is -0.773. The normalized spacial score (nSPS) is 12.5. The zero-order valence-electron chi connectivity index (χ0n) is 43.7. The number of unbranched alkanes of at least 4 members (excludes halogenated alkanes) is 30. The van der Waals surface area contributed by atoms with Crippen molar-refractivity contribution in [3.63, 3.8) is 0 Å². The fraction of sp³-hybridized carbons (Fsp3) is 0.783. The number of hydrogen-bond donors (Lipinski definition) is 0. The molecular weight excluding hydrogens is 817 g/mol. The molecule has 0 aliphatic heterocycles. The predicted molar refractivity (Wildman–Crippen MR) is 284 cm³/mol. The van der Waals surface area contributed by atoms with E-state index < -0.39 is 6.10 Å². The molecule has 0 heterocycles. The summed E-state index contributed by atoms with van der Waals surface area (Å²) in [6.07, 6.45) is 68.1. The van der Waals surface area contributed by atoms with Crippen LogP contribution in [0.3, 0.4) is 0 Å². The molecule has 1 atom stereocenters. The average molecular weight is 924 g/mol. The van der Waals surface area contributed by atoms with E-state index in [0.717, 1.165) is 89.9 Å². The fourth-order valence-corrected chi connectivity index (χ4v) is 8.02. The lowest BCUT2D eigenvalue weighted by molar-refractivity contribution is -0.167. The van der Waals surface area contributed by atoms with Gasteiger partial charge in [-0.15, -0.1) is 0 Å². The number of allylic oxidation sites excluding steroid dienone is 10. The van der Waals surface area contributed by atoms with Gasteiger partial charge in [0.15, 0.2) is 6.10 Å². The summed E-state index contributed by atoms with van der Waals surface area (Å²) in [4.78, 5) is 37.9. The molecule has 66 heavy (non-hydrogen) atoms. The first-order chi connectivity index (χ1) is 32.5. The van der Waals surface area contributed by atoms with Crippen molar-refractivity contribution in [2.24, 2.45) is 0 Å². The molecule has 0 rings (SSSR count). The number of hydrogen-bond acceptors (Lipinski definition) is 6. The van der Waals surface area contributed by atoms with Gasteiger partial charge in [-0.1, -0.05) is 242 Å². The van der Waals surface area contributed by atoms with Gasteiger partial charge in [0.2, 0.25) is 0 Å². The van der Waals surface area contributed by atoms with Crippen molar-refractivity contribution >= 4 is 17.9 Å². The fourth-order valence-electron chi connectivity index (χ4n) is 8.02. The van der Waals surface area contributed by atoms with E-state index in [-0.39, 0.29) is 31.1 Å². The minimum Gasteiger partial charge on any atom is -0.462 e. The Hall–Kier alpha value is -2.89. The van der Waals surface area contributed by atoms with Gasteiger partial charge in [-0.3, -0.25) is 14.4 Å². The van der Waals surface area contributed by atoms with Gasteiger partial charge in [0.25, 0.3) is 0 Å². The van der Waals surface area contributed by atoms with Crippen LogP contribution in [0.1, 0.15) is 284 Å². The van der Waals surface area contributed by atoms with Crippen LogP contribution >= 0.6 is 0 Å². The highest BCUT2D eigenvalue weighted by Gasteiger charge is 2.19. The topological polar surface area (TPSA) is 78.9 Å². The number of ether oxygens (including phenoxy) is 3. The van der Waals surface area contributed by atoms with Crippen molar-refractivity contribution in [3.05, 3.63) is 60.8 Å². The molecule has 0 aromatic rings. The Labute approximate surface area is 409 Å². The number of esters is 3. The first-order valence-corrected chi connectivity index (χ1v) is 28.3. The second-order valence-electron chi connectivity index (χ2n) is 18.8. The standard InChI is InChI=1S/C60H106O6/c1-4-7-10-13-16-18-20-22-24-25-26-27-28-29-30-31-32-33-34-35-36-38-39-41-44-47-50-53-59(62)65-56-57(55-64-58(61)52-49-46-43-15-12-9-6-3)66-60(63)54-51-48-45-42-40-37-23-21-19-17-14-11-8-5-2/h7,10,16,18,21-24,26-27,57H,4-6,8-9,11-15,17,19-20,25,28-56H2,1-3H3/b10-7-,18-16-,23-21-,24-22-,27-26-. The molecule has 0 saturated heterocycles. The van der Waals surface area contributed by atoms with Gasteiger partial charge < -0.3 is 14.2 Å². The van der Waals surface area contributed by atoms with Gasteiger partial charge in [0.05, 0.1) is 0 Å². The summed E-state index contributed by atoms with van der Waals surface area (Å²) in [6, 6.07) is 0. The second-order valence-corrected chi connectivity index (χ2v) is 18.8. The van der Waals surface area contributed by atoms with Gasteiger partial charge in [0.1, 0.15) is 13.2 Å². The third kappa shape index (κ3) is 52.1. The Morgan fingerprint density at radius 2 is 0.591 bits per heavy atom. The molecule has 0 N–H and O–H groups in total. The van der Waals surface area contributed by atoms with E-state index in [1.54, 1.807) is 0 Å². The maximum atomic E-state index is 12.8. The molecule has 0 bridgehead atoms. The monoisotopic (exact) mass is 923 g/mol. The lowest BCUT2D eigenvalue weighted by Crippen LogP contribution is -2.30. The van der Waals surface area contributed by atoms with E-state index in [1.165, 1.54) is 154 Å². The number of carbonyl (C=O) groups excluding carboxylic acids is 3. The van der Waals surface area contributed by atoms with Crippen LogP contribution in [-0.2, 0) is 28.6 Å². The molecule has 0 aromatic heterocycles. The molecule has 6 heteroatoms. The third-order valence-electron chi connectivity index (χ3n) is 12.3. The van der Waals surface area contributed by atoms with Crippen LogP contribution in [0.2, 0.25) is 0 Å². The molecular formula is C60H106O6. The van der Waals surface area contributed by atoms with Gasteiger partial charge >= 0.3 is 17.9 Å². The molecule has 382 valence electrons. The van der Waals surface area contributed by atoms with Crippen LogP contribution in [0.5, 0.6) is 0 Å². The summed E-state index contributed by atoms with van der Waals surface area (Å²) in [5.74, 6) is -0.882. The predicted octanol–water partition coefficient (Wildman–Crippen LogP) is 18.8. The highest BCUT2D eigenvalue weighted by Crippen LogP contribution is 2.16. The Kier molecular flexibility index (Phi) is 52.3. The lowest BCUT2D eigenvalue weighted by atomic mass is 10.0. The zero-order chi connectivity index (χ0) is 47.9. The van der Waals surface area contributed by atoms with Crippen molar-refractivity contribution in [1.82, 2.24) is 0 Å². The smallest absolute Gasteiger partial charge is 0.306 e. The van der Waals surface area contributed by atoms with E-state index in [1.807, 2.05) is 0 Å². The summed E-state index contributed by atoms with van der Waals surface area (Å²) in [7, 11) is 0. The van der Waals surface area contributed by atoms with E-state index in [4.69, 9.17) is 14.2 Å². The second kappa shape index (κ2) is 54.7. The highest BCUT2D eigenvalue weighted by atomic mass is 16.6. The molecule has 0 amide bonds. The van der Waals surface area contributed by atoms with Gasteiger partial charge in [0, 0.05) is 19.3 Å². The number of carbonyl (C=O) groups is 3. The van der Waals surface area contributed by atoms with Gasteiger partial charge in [-0.25, -0.2) is 0 Å². The van der Waals surface area contributed by atoms with Crippen molar-refractivity contribution in [2.45, 2.75) is 290 Å². The Bertz CT molecular complexity index is 1200. The summed E-state index contributed by atoms with van der Waals surface area (Å²) >= 11 is 0. The summed E-state index contributed by atoms with van der Waals surface area (Å²) in [5.41, 5.74) is 0. The van der Waals surface area contributed by atoms with Gasteiger partial charge in [-0.05, 0) is 83.5 Å². The van der Waals surface area contributed by atoms with Crippen LogP contribution in [0.15, 0.2) is 60.8 Å². The summed E-state index contributed by atoms with van der Waals surface area (Å²) in [5, 5.41) is 0. The molecule has 0 aliphatic rings. The van der Waals surface area contributed by atoms with E-state index in [0.29, 0.717) is 19.3 Å². The molecule has 0 saturated carbocycles. The molecule has 0 fully saturated rings. The molecule has 0 spiro atoms. The largest absolute Gasteiger partial charge is 0.462 e. The molecule has 0 aromatic carbocycles. The molecule has 0 aliphatic carbocycles. The Morgan fingerprint density at radius 1 is 0.318 bits per heavy atom.